The number of nitrogens with two attached hydrogens (primary N) is 1. The Hall–Kier alpha value is -3.13. The van der Waals surface area contributed by atoms with Crippen molar-refractivity contribution >= 4 is 23.0 Å². The van der Waals surface area contributed by atoms with E-state index in [2.05, 4.69) is 4.98 Å². The molecule has 6 nitrogen and oxygen atoms in total. The van der Waals surface area contributed by atoms with E-state index >= 15 is 0 Å². The number of nitrogens with zero attached hydrogens (tertiary/aromatic N) is 1. The smallest absolute Gasteiger partial charge is 0.340 e. The van der Waals surface area contributed by atoms with E-state index in [-0.39, 0.29) is 17.9 Å². The van der Waals surface area contributed by atoms with Gasteiger partial charge in [0.25, 0.3) is 0 Å². The first-order valence-corrected chi connectivity index (χ1v) is 8.78. The number of hydrogen-bond acceptors (Lipinski definition) is 7. The molecule has 0 fully saturated rings. The zero-order chi connectivity index (χ0) is 19.4. The van der Waals surface area contributed by atoms with Gasteiger partial charge in [-0.1, -0.05) is 0 Å². The van der Waals surface area contributed by atoms with Crippen molar-refractivity contribution in [2.24, 2.45) is 0 Å². The molecule has 0 aliphatic carbocycles. The van der Waals surface area contributed by atoms with E-state index in [1.807, 2.05) is 12.1 Å². The lowest BCUT2D eigenvalue weighted by atomic mass is 10.2. The lowest BCUT2D eigenvalue weighted by molar-refractivity contribution is 0.0469. The van der Waals surface area contributed by atoms with Crippen LogP contribution in [0.2, 0.25) is 0 Å². The Morgan fingerprint density at radius 1 is 1.15 bits per heavy atom. The Morgan fingerprint density at radius 2 is 1.93 bits per heavy atom. The molecular weight excluding hydrogens is 371 g/mol. The Labute approximate surface area is 159 Å². The van der Waals surface area contributed by atoms with Gasteiger partial charge in [-0.05, 0) is 36.4 Å². The molecule has 0 atom stereocenters. The molecule has 3 rings (SSSR count). The van der Waals surface area contributed by atoms with Gasteiger partial charge in [0.05, 0.1) is 25.5 Å². The van der Waals surface area contributed by atoms with E-state index in [1.165, 1.54) is 17.4 Å². The summed E-state index contributed by atoms with van der Waals surface area (Å²) in [6, 6.07) is 9.02. The summed E-state index contributed by atoms with van der Waals surface area (Å²) in [6.07, 6.45) is 0. The molecule has 2 aromatic carbocycles. The normalized spacial score (nSPS) is 10.5. The molecular formula is C19H17FN2O4S. The zero-order valence-corrected chi connectivity index (χ0v) is 15.5. The van der Waals surface area contributed by atoms with Crippen LogP contribution < -0.4 is 15.2 Å². The van der Waals surface area contributed by atoms with Crippen LogP contribution in [0.25, 0.3) is 10.6 Å². The standard InChI is InChI=1S/C19H17FN2O4S/c1-24-16-6-3-11(7-17(16)25-2)18-22-13(10-27-18)9-26-19(23)14-5-4-12(20)8-15(14)21/h3-8,10H,9,21H2,1-2H3. The number of benzene rings is 2. The SMILES string of the molecule is COc1ccc(-c2nc(COC(=O)c3ccc(F)cc3N)cs2)cc1OC. The van der Waals surface area contributed by atoms with Crippen LogP contribution in [0.1, 0.15) is 16.1 Å². The first-order chi connectivity index (χ1) is 13.0. The van der Waals surface area contributed by atoms with E-state index < -0.39 is 11.8 Å². The second kappa shape index (κ2) is 8.05. The van der Waals surface area contributed by atoms with E-state index in [1.54, 1.807) is 25.7 Å². The molecule has 0 saturated heterocycles. The third-order valence-corrected chi connectivity index (χ3v) is 4.71. The van der Waals surface area contributed by atoms with E-state index in [9.17, 15) is 9.18 Å². The van der Waals surface area contributed by atoms with Crippen molar-refractivity contribution in [2.45, 2.75) is 6.61 Å². The number of anilines is 1. The second-order valence-corrected chi connectivity index (χ2v) is 6.38. The highest BCUT2D eigenvalue weighted by Gasteiger charge is 2.14. The number of halogens is 1. The van der Waals surface area contributed by atoms with Gasteiger partial charge in [0.2, 0.25) is 0 Å². The summed E-state index contributed by atoms with van der Waals surface area (Å²) >= 11 is 1.41. The zero-order valence-electron chi connectivity index (χ0n) is 14.7. The van der Waals surface area contributed by atoms with Crippen LogP contribution in [0.3, 0.4) is 0 Å². The average molecular weight is 388 g/mol. The van der Waals surface area contributed by atoms with Gasteiger partial charge < -0.3 is 19.9 Å². The Morgan fingerprint density at radius 3 is 2.63 bits per heavy atom. The number of rotatable bonds is 6. The molecule has 2 N–H and O–H groups in total. The summed E-state index contributed by atoms with van der Waals surface area (Å²) in [4.78, 5) is 16.6. The number of ether oxygens (including phenoxy) is 3. The molecule has 0 saturated carbocycles. The van der Waals surface area contributed by atoms with Gasteiger partial charge >= 0.3 is 5.97 Å². The Bertz CT molecular complexity index is 974. The highest BCUT2D eigenvalue weighted by molar-refractivity contribution is 7.13. The van der Waals surface area contributed by atoms with Crippen molar-refractivity contribution in [3.8, 4) is 22.1 Å². The predicted molar refractivity (Wildman–Crippen MR) is 101 cm³/mol. The molecule has 0 aliphatic heterocycles. The maximum atomic E-state index is 13.1. The highest BCUT2D eigenvalue weighted by atomic mass is 32.1. The molecule has 0 bridgehead atoms. The molecule has 0 unspecified atom stereocenters. The van der Waals surface area contributed by atoms with E-state index in [0.717, 1.165) is 22.7 Å². The van der Waals surface area contributed by atoms with Crippen LogP contribution in [-0.2, 0) is 11.3 Å². The number of thiazole rings is 1. The van der Waals surface area contributed by atoms with Crippen molar-refractivity contribution in [2.75, 3.05) is 20.0 Å². The third kappa shape index (κ3) is 4.17. The number of carbonyl (C=O) groups is 1. The maximum absolute atomic E-state index is 13.1. The number of methoxy groups -OCH3 is 2. The molecule has 0 spiro atoms. The monoisotopic (exact) mass is 388 g/mol. The number of carbonyl (C=O) groups excluding carboxylic acids is 1. The van der Waals surface area contributed by atoms with Crippen molar-refractivity contribution in [3.63, 3.8) is 0 Å². The van der Waals surface area contributed by atoms with Crippen molar-refractivity contribution in [1.82, 2.24) is 4.98 Å². The van der Waals surface area contributed by atoms with Gasteiger partial charge in [-0.25, -0.2) is 14.2 Å². The minimum Gasteiger partial charge on any atom is -0.493 e. The number of esters is 1. The fraction of sp³-hybridized carbons (Fsp3) is 0.158. The largest absolute Gasteiger partial charge is 0.493 e. The average Bonchev–Trinajstić information content (AvgIpc) is 3.14. The van der Waals surface area contributed by atoms with Crippen molar-refractivity contribution in [3.05, 3.63) is 58.9 Å². The summed E-state index contributed by atoms with van der Waals surface area (Å²) in [7, 11) is 3.14. The Balaban J connectivity index is 1.70. The molecule has 140 valence electrons. The fourth-order valence-electron chi connectivity index (χ4n) is 2.41. The van der Waals surface area contributed by atoms with Gasteiger partial charge in [0.1, 0.15) is 17.4 Å². The van der Waals surface area contributed by atoms with Crippen LogP contribution in [0, 0.1) is 5.82 Å². The second-order valence-electron chi connectivity index (χ2n) is 5.52. The molecule has 3 aromatic rings. The fourth-order valence-corrected chi connectivity index (χ4v) is 3.21. The predicted octanol–water partition coefficient (Wildman–Crippen LogP) is 3.91. The first-order valence-electron chi connectivity index (χ1n) is 7.90. The number of aromatic nitrogens is 1. The summed E-state index contributed by atoms with van der Waals surface area (Å²) in [5.74, 6) is 0.0880. The molecule has 8 heteroatoms. The Kier molecular flexibility index (Phi) is 5.56. The molecule has 0 radical (unpaired) electrons. The molecule has 27 heavy (non-hydrogen) atoms. The summed E-state index contributed by atoms with van der Waals surface area (Å²) in [6.45, 7) is -0.0144. The highest BCUT2D eigenvalue weighted by Crippen LogP contribution is 2.33. The lowest BCUT2D eigenvalue weighted by Gasteiger charge is -2.08. The topological polar surface area (TPSA) is 83.7 Å². The third-order valence-electron chi connectivity index (χ3n) is 3.77. The first kappa shape index (κ1) is 18.7. The van der Waals surface area contributed by atoms with Gasteiger partial charge in [-0.2, -0.15) is 0 Å². The maximum Gasteiger partial charge on any atom is 0.340 e. The minimum absolute atomic E-state index is 0.0144. The van der Waals surface area contributed by atoms with Gasteiger partial charge in [0.15, 0.2) is 11.5 Å². The summed E-state index contributed by atoms with van der Waals surface area (Å²) < 4.78 is 28.8. The van der Waals surface area contributed by atoms with Crippen LogP contribution in [0.15, 0.2) is 41.8 Å². The molecule has 0 amide bonds. The van der Waals surface area contributed by atoms with Crippen LogP contribution in [0.4, 0.5) is 10.1 Å². The summed E-state index contributed by atoms with van der Waals surface area (Å²) in [5.41, 5.74) is 7.25. The van der Waals surface area contributed by atoms with Crippen molar-refractivity contribution in [1.29, 1.82) is 0 Å². The van der Waals surface area contributed by atoms with Crippen LogP contribution in [-0.4, -0.2) is 25.2 Å². The van der Waals surface area contributed by atoms with Crippen LogP contribution in [0.5, 0.6) is 11.5 Å². The van der Waals surface area contributed by atoms with E-state index in [4.69, 9.17) is 19.9 Å². The van der Waals surface area contributed by atoms with Gasteiger partial charge in [-0.3, -0.25) is 0 Å². The number of hydrogen-bond donors (Lipinski definition) is 1. The summed E-state index contributed by atoms with van der Waals surface area (Å²) in [5, 5.41) is 2.55. The van der Waals surface area contributed by atoms with Gasteiger partial charge in [0, 0.05) is 16.6 Å². The van der Waals surface area contributed by atoms with Gasteiger partial charge in [-0.15, -0.1) is 11.3 Å². The molecule has 1 heterocycles. The quantitative estimate of drug-likeness (QED) is 0.509. The van der Waals surface area contributed by atoms with E-state index in [0.29, 0.717) is 17.2 Å². The molecule has 0 aliphatic rings. The number of nitrogen functional groups attached to an aromatic ring is 1. The lowest BCUT2D eigenvalue weighted by Crippen LogP contribution is -2.08. The molecule has 1 aromatic heterocycles. The van der Waals surface area contributed by atoms with Crippen molar-refractivity contribution < 1.29 is 23.4 Å². The minimum atomic E-state index is -0.631. The van der Waals surface area contributed by atoms with Crippen LogP contribution >= 0.6 is 11.3 Å².